The van der Waals surface area contributed by atoms with E-state index in [-0.39, 0.29) is 12.4 Å². The summed E-state index contributed by atoms with van der Waals surface area (Å²) in [6.07, 6.45) is 3.60. The third kappa shape index (κ3) is 5.67. The summed E-state index contributed by atoms with van der Waals surface area (Å²) in [5.41, 5.74) is 3.92. The van der Waals surface area contributed by atoms with Gasteiger partial charge in [0, 0.05) is 53.7 Å². The van der Waals surface area contributed by atoms with E-state index in [1.165, 1.54) is 0 Å². The molecule has 172 valence electrons. The monoisotopic (exact) mass is 455 g/mol. The number of aromatic nitrogens is 3. The molecule has 0 aliphatic heterocycles. The average Bonchev–Trinajstić information content (AvgIpc) is 3.52. The van der Waals surface area contributed by atoms with Crippen molar-refractivity contribution in [2.45, 2.75) is 32.4 Å². The summed E-state index contributed by atoms with van der Waals surface area (Å²) in [6, 6.07) is 16.7. The SMILES string of the molecule is C[C@H](O)c1nccn1Cc1cc(-c2ccc(C#Cc3ccc(C(=O)CCCO)cc3)cc2)on1. The first-order chi connectivity index (χ1) is 16.5. The lowest BCUT2D eigenvalue weighted by Gasteiger charge is -2.07. The van der Waals surface area contributed by atoms with E-state index in [0.717, 1.165) is 22.4 Å². The van der Waals surface area contributed by atoms with Gasteiger partial charge in [0.05, 0.1) is 6.54 Å². The van der Waals surface area contributed by atoms with Crippen molar-refractivity contribution in [3.05, 3.63) is 95.2 Å². The second-order valence-electron chi connectivity index (χ2n) is 7.93. The van der Waals surface area contributed by atoms with Gasteiger partial charge in [-0.05, 0) is 49.7 Å². The van der Waals surface area contributed by atoms with Crippen LogP contribution in [0, 0.1) is 11.8 Å². The average molecular weight is 456 g/mol. The van der Waals surface area contributed by atoms with Gasteiger partial charge in [0.1, 0.15) is 17.6 Å². The molecule has 2 aromatic heterocycles. The zero-order valence-electron chi connectivity index (χ0n) is 18.8. The number of hydrogen-bond donors (Lipinski definition) is 2. The molecule has 4 aromatic rings. The van der Waals surface area contributed by atoms with Gasteiger partial charge in [-0.15, -0.1) is 0 Å². The van der Waals surface area contributed by atoms with Crippen molar-refractivity contribution in [2.24, 2.45) is 0 Å². The lowest BCUT2D eigenvalue weighted by Crippen LogP contribution is -2.07. The number of Topliss-reactive ketones (excluding diaryl/α,β-unsaturated/α-hetero) is 1. The maximum atomic E-state index is 12.0. The Hall–Kier alpha value is -3.99. The summed E-state index contributed by atoms with van der Waals surface area (Å²) in [5.74, 6) is 7.48. The fourth-order valence-electron chi connectivity index (χ4n) is 3.50. The summed E-state index contributed by atoms with van der Waals surface area (Å²) < 4.78 is 7.34. The number of carbonyl (C=O) groups excluding carboxylic acids is 1. The van der Waals surface area contributed by atoms with Crippen LogP contribution in [0.15, 0.2) is 71.5 Å². The topological polar surface area (TPSA) is 101 Å². The molecule has 0 aliphatic rings. The van der Waals surface area contributed by atoms with Gasteiger partial charge in [0.15, 0.2) is 11.5 Å². The minimum Gasteiger partial charge on any atom is -0.396 e. The number of ketones is 1. The van der Waals surface area contributed by atoms with Gasteiger partial charge >= 0.3 is 0 Å². The third-order valence-electron chi connectivity index (χ3n) is 5.30. The van der Waals surface area contributed by atoms with Crippen molar-refractivity contribution >= 4 is 5.78 Å². The van der Waals surface area contributed by atoms with Crippen molar-refractivity contribution in [2.75, 3.05) is 6.61 Å². The molecule has 0 unspecified atom stereocenters. The van der Waals surface area contributed by atoms with E-state index in [9.17, 15) is 9.90 Å². The van der Waals surface area contributed by atoms with Gasteiger partial charge in [-0.2, -0.15) is 0 Å². The minimum absolute atomic E-state index is 0.0159. The highest BCUT2D eigenvalue weighted by molar-refractivity contribution is 5.96. The molecule has 0 bridgehead atoms. The highest BCUT2D eigenvalue weighted by Gasteiger charge is 2.12. The predicted octanol–water partition coefficient (Wildman–Crippen LogP) is 3.99. The lowest BCUT2D eigenvalue weighted by molar-refractivity contribution is 0.0971. The van der Waals surface area contributed by atoms with Gasteiger partial charge in [0.2, 0.25) is 0 Å². The number of aliphatic hydroxyl groups excluding tert-OH is 2. The van der Waals surface area contributed by atoms with Gasteiger partial charge < -0.3 is 19.3 Å². The quantitative estimate of drug-likeness (QED) is 0.308. The largest absolute Gasteiger partial charge is 0.396 e. The number of nitrogens with zero attached hydrogens (tertiary/aromatic N) is 3. The molecule has 1 atom stereocenters. The second-order valence-corrected chi connectivity index (χ2v) is 7.93. The summed E-state index contributed by atoms with van der Waals surface area (Å²) in [7, 11) is 0. The van der Waals surface area contributed by atoms with E-state index in [2.05, 4.69) is 22.0 Å². The van der Waals surface area contributed by atoms with Crippen LogP contribution in [-0.2, 0) is 6.54 Å². The number of carbonyl (C=O) groups is 1. The maximum absolute atomic E-state index is 12.0. The summed E-state index contributed by atoms with van der Waals surface area (Å²) in [6.45, 7) is 2.15. The Morgan fingerprint density at radius 1 is 1.09 bits per heavy atom. The fourth-order valence-corrected chi connectivity index (χ4v) is 3.50. The van der Waals surface area contributed by atoms with Crippen LogP contribution in [0.5, 0.6) is 0 Å². The molecular formula is C27H25N3O4. The lowest BCUT2D eigenvalue weighted by atomic mass is 10.0. The van der Waals surface area contributed by atoms with E-state index < -0.39 is 6.10 Å². The molecule has 0 saturated heterocycles. The number of imidazole rings is 1. The van der Waals surface area contributed by atoms with E-state index in [0.29, 0.717) is 36.5 Å². The van der Waals surface area contributed by atoms with E-state index in [1.807, 2.05) is 47.0 Å². The third-order valence-corrected chi connectivity index (χ3v) is 5.30. The normalized spacial score (nSPS) is 11.6. The van der Waals surface area contributed by atoms with Crippen molar-refractivity contribution in [3.63, 3.8) is 0 Å². The zero-order chi connectivity index (χ0) is 23.9. The highest BCUT2D eigenvalue weighted by Crippen LogP contribution is 2.22. The first-order valence-electron chi connectivity index (χ1n) is 11.0. The number of benzene rings is 2. The van der Waals surface area contributed by atoms with Crippen molar-refractivity contribution in [1.29, 1.82) is 0 Å². The first-order valence-corrected chi connectivity index (χ1v) is 11.0. The van der Waals surface area contributed by atoms with Crippen LogP contribution in [0.4, 0.5) is 0 Å². The number of hydrogen-bond acceptors (Lipinski definition) is 6. The van der Waals surface area contributed by atoms with E-state index in [1.54, 1.807) is 31.5 Å². The van der Waals surface area contributed by atoms with Crippen molar-refractivity contribution in [1.82, 2.24) is 14.7 Å². The fraction of sp³-hybridized carbons (Fsp3) is 0.222. The molecule has 2 aromatic carbocycles. The van der Waals surface area contributed by atoms with Crippen LogP contribution in [0.25, 0.3) is 11.3 Å². The smallest absolute Gasteiger partial charge is 0.167 e. The van der Waals surface area contributed by atoms with Gasteiger partial charge in [-0.25, -0.2) is 4.98 Å². The van der Waals surface area contributed by atoms with Crippen LogP contribution in [0.3, 0.4) is 0 Å². The Balaban J connectivity index is 1.40. The van der Waals surface area contributed by atoms with Gasteiger partial charge in [-0.1, -0.05) is 29.1 Å². The summed E-state index contributed by atoms with van der Waals surface area (Å²) in [4.78, 5) is 16.2. The van der Waals surface area contributed by atoms with Crippen LogP contribution in [-0.4, -0.2) is 37.3 Å². The van der Waals surface area contributed by atoms with Gasteiger partial charge in [-0.3, -0.25) is 4.79 Å². The van der Waals surface area contributed by atoms with Crippen molar-refractivity contribution < 1.29 is 19.5 Å². The molecule has 2 N–H and O–H groups in total. The molecule has 34 heavy (non-hydrogen) atoms. The Kier molecular flexibility index (Phi) is 7.33. The Morgan fingerprint density at radius 3 is 2.41 bits per heavy atom. The highest BCUT2D eigenvalue weighted by atomic mass is 16.5. The molecule has 0 spiro atoms. The molecule has 0 fully saturated rings. The molecule has 0 saturated carbocycles. The Morgan fingerprint density at radius 2 is 1.76 bits per heavy atom. The standard InChI is InChI=1S/C27H25N3O4/c1-19(32)27-28-14-15-30(27)18-24-17-26(34-29-24)23-12-8-21(9-13-23)5-4-20-6-10-22(11-7-20)25(33)3-2-16-31/h6-15,17,19,31-32H,2-3,16,18H2,1H3/t19-/m0/s1. The van der Waals surface area contributed by atoms with E-state index in [4.69, 9.17) is 9.63 Å². The van der Waals surface area contributed by atoms with Crippen LogP contribution >= 0.6 is 0 Å². The van der Waals surface area contributed by atoms with Gasteiger partial charge in [0.25, 0.3) is 0 Å². The summed E-state index contributed by atoms with van der Waals surface area (Å²) in [5, 5.41) is 22.8. The summed E-state index contributed by atoms with van der Waals surface area (Å²) >= 11 is 0. The van der Waals surface area contributed by atoms with Crippen LogP contribution < -0.4 is 0 Å². The molecule has 7 heteroatoms. The molecule has 4 rings (SSSR count). The molecule has 0 aliphatic carbocycles. The Labute approximate surface area is 197 Å². The Bertz CT molecular complexity index is 1310. The van der Waals surface area contributed by atoms with Crippen molar-refractivity contribution in [3.8, 4) is 23.2 Å². The van der Waals surface area contributed by atoms with Crippen LogP contribution in [0.1, 0.15) is 58.9 Å². The molecule has 0 amide bonds. The molecule has 0 radical (unpaired) electrons. The first kappa shape index (κ1) is 23.2. The second kappa shape index (κ2) is 10.8. The van der Waals surface area contributed by atoms with Crippen LogP contribution in [0.2, 0.25) is 0 Å². The molecular weight excluding hydrogens is 430 g/mol. The molecule has 2 heterocycles. The minimum atomic E-state index is -0.660. The van der Waals surface area contributed by atoms with E-state index >= 15 is 0 Å². The number of rotatable bonds is 8. The molecule has 7 nitrogen and oxygen atoms in total. The zero-order valence-corrected chi connectivity index (χ0v) is 18.8. The maximum Gasteiger partial charge on any atom is 0.167 e. The predicted molar refractivity (Wildman–Crippen MR) is 127 cm³/mol. The number of aliphatic hydroxyl groups is 2.